The van der Waals surface area contributed by atoms with Crippen LogP contribution < -0.4 is 5.32 Å². The maximum Gasteiger partial charge on any atom is 0.275 e. The summed E-state index contributed by atoms with van der Waals surface area (Å²) in [6, 6.07) is 7.89. The van der Waals surface area contributed by atoms with Crippen LogP contribution in [-0.2, 0) is 11.2 Å². The van der Waals surface area contributed by atoms with Gasteiger partial charge < -0.3 is 5.32 Å². The summed E-state index contributed by atoms with van der Waals surface area (Å²) in [5, 5.41) is 2.96. The Hall–Kier alpha value is -1.46. The van der Waals surface area contributed by atoms with Gasteiger partial charge in [-0.15, -0.1) is 0 Å². The molecule has 1 aliphatic rings. The minimum absolute atomic E-state index is 0.146. The van der Waals surface area contributed by atoms with Gasteiger partial charge in [-0.25, -0.2) is 4.99 Å². The van der Waals surface area contributed by atoms with Crippen molar-refractivity contribution in [3.8, 4) is 0 Å². The lowest BCUT2D eigenvalue weighted by Crippen LogP contribution is -2.14. The second kappa shape index (κ2) is 6.21. The van der Waals surface area contributed by atoms with Gasteiger partial charge in [0.25, 0.3) is 5.91 Å². The number of amides is 1. The number of nitrogens with zero attached hydrogens (tertiary/aromatic N) is 1. The SMILES string of the molecule is CCc1cc(Br)cc2c1NC(=O)C2=Nc1ccc(Br)c(C)c1C. The third kappa shape index (κ3) is 2.88. The van der Waals surface area contributed by atoms with Crippen molar-refractivity contribution in [3.05, 3.63) is 55.5 Å². The van der Waals surface area contributed by atoms with Crippen LogP contribution in [0.3, 0.4) is 0 Å². The predicted octanol–water partition coefficient (Wildman–Crippen LogP) is 5.46. The fourth-order valence-electron chi connectivity index (χ4n) is 2.70. The number of carbonyl (C=O) groups is 1. The smallest absolute Gasteiger partial charge is 0.275 e. The Morgan fingerprint density at radius 3 is 2.57 bits per heavy atom. The molecule has 2 aromatic rings. The Bertz CT molecular complexity index is 857. The average molecular weight is 436 g/mol. The number of aliphatic imine (C=N–C) groups is 1. The number of rotatable bonds is 2. The molecule has 1 amide bonds. The van der Waals surface area contributed by atoms with Gasteiger partial charge in [0, 0.05) is 14.5 Å². The molecule has 0 atom stereocenters. The van der Waals surface area contributed by atoms with E-state index in [4.69, 9.17) is 0 Å². The van der Waals surface area contributed by atoms with Crippen LogP contribution in [0.5, 0.6) is 0 Å². The maximum absolute atomic E-state index is 12.4. The van der Waals surface area contributed by atoms with Gasteiger partial charge in [0.05, 0.1) is 11.4 Å². The van der Waals surface area contributed by atoms with Gasteiger partial charge in [0.2, 0.25) is 0 Å². The molecule has 23 heavy (non-hydrogen) atoms. The lowest BCUT2D eigenvalue weighted by Gasteiger charge is -2.08. The summed E-state index contributed by atoms with van der Waals surface area (Å²) in [5.41, 5.74) is 6.35. The molecule has 0 spiro atoms. The lowest BCUT2D eigenvalue weighted by molar-refractivity contribution is -0.110. The van der Waals surface area contributed by atoms with Gasteiger partial charge in [-0.2, -0.15) is 0 Å². The van der Waals surface area contributed by atoms with Crippen LogP contribution in [-0.4, -0.2) is 11.6 Å². The first-order valence-corrected chi connectivity index (χ1v) is 8.99. The monoisotopic (exact) mass is 434 g/mol. The van der Waals surface area contributed by atoms with E-state index in [1.807, 2.05) is 38.1 Å². The van der Waals surface area contributed by atoms with Crippen LogP contribution in [0.1, 0.15) is 29.2 Å². The number of halogens is 2. The molecule has 0 radical (unpaired) electrons. The van der Waals surface area contributed by atoms with Crippen molar-refractivity contribution in [3.63, 3.8) is 0 Å². The predicted molar refractivity (Wildman–Crippen MR) is 102 cm³/mol. The number of aryl methyl sites for hydroxylation is 1. The summed E-state index contributed by atoms with van der Waals surface area (Å²) < 4.78 is 2.01. The van der Waals surface area contributed by atoms with E-state index < -0.39 is 0 Å². The number of nitrogens with one attached hydrogen (secondary N) is 1. The summed E-state index contributed by atoms with van der Waals surface area (Å²) in [7, 11) is 0. The molecule has 0 saturated heterocycles. The number of hydrogen-bond acceptors (Lipinski definition) is 2. The Balaban J connectivity index is 2.18. The highest BCUT2D eigenvalue weighted by Gasteiger charge is 2.28. The van der Waals surface area contributed by atoms with Crippen molar-refractivity contribution in [1.82, 2.24) is 0 Å². The Kier molecular flexibility index (Phi) is 4.43. The highest BCUT2D eigenvalue weighted by Crippen LogP contribution is 2.34. The zero-order chi connectivity index (χ0) is 16.7. The fourth-order valence-corrected chi connectivity index (χ4v) is 3.63. The van der Waals surface area contributed by atoms with E-state index in [-0.39, 0.29) is 5.91 Å². The van der Waals surface area contributed by atoms with Crippen molar-refractivity contribution < 1.29 is 4.79 Å². The average Bonchev–Trinajstić information content (AvgIpc) is 2.83. The lowest BCUT2D eigenvalue weighted by atomic mass is 10.0. The minimum atomic E-state index is -0.146. The molecule has 3 nitrogen and oxygen atoms in total. The maximum atomic E-state index is 12.4. The van der Waals surface area contributed by atoms with Crippen LogP contribution in [0.25, 0.3) is 0 Å². The van der Waals surface area contributed by atoms with E-state index >= 15 is 0 Å². The molecule has 0 bridgehead atoms. The standard InChI is InChI=1S/C18H16Br2N2O/c1-4-11-7-12(19)8-13-16(11)22-18(23)17(13)21-15-6-5-14(20)9(2)10(15)3/h5-8H,4H2,1-3H3,(H,21,22,23). The van der Waals surface area contributed by atoms with Crippen molar-refractivity contribution in [2.24, 2.45) is 4.99 Å². The zero-order valence-corrected chi connectivity index (χ0v) is 16.3. The number of hydrogen-bond donors (Lipinski definition) is 1. The summed E-state index contributed by atoms with van der Waals surface area (Å²) in [6.45, 7) is 6.13. The molecule has 1 aliphatic heterocycles. The number of carbonyl (C=O) groups excluding carboxylic acids is 1. The van der Waals surface area contributed by atoms with Crippen LogP contribution in [0.15, 0.2) is 38.2 Å². The second-order valence-corrected chi connectivity index (χ2v) is 7.34. The van der Waals surface area contributed by atoms with E-state index in [0.717, 1.165) is 49.0 Å². The van der Waals surface area contributed by atoms with Crippen molar-refractivity contribution in [2.75, 3.05) is 5.32 Å². The van der Waals surface area contributed by atoms with Crippen molar-refractivity contribution in [2.45, 2.75) is 27.2 Å². The van der Waals surface area contributed by atoms with Gasteiger partial charge >= 0.3 is 0 Å². The number of anilines is 1. The molecule has 0 fully saturated rings. The largest absolute Gasteiger partial charge is 0.320 e. The normalized spacial score (nSPS) is 15.0. The summed E-state index contributed by atoms with van der Waals surface area (Å²) in [6.07, 6.45) is 0.853. The van der Waals surface area contributed by atoms with Crippen LogP contribution >= 0.6 is 31.9 Å². The molecule has 0 aliphatic carbocycles. The van der Waals surface area contributed by atoms with Crippen LogP contribution in [0, 0.1) is 13.8 Å². The van der Waals surface area contributed by atoms with Gasteiger partial charge in [-0.3, -0.25) is 4.79 Å². The van der Waals surface area contributed by atoms with Gasteiger partial charge in [0.1, 0.15) is 5.71 Å². The highest BCUT2D eigenvalue weighted by molar-refractivity contribution is 9.10. The molecule has 2 aromatic carbocycles. The van der Waals surface area contributed by atoms with E-state index in [0.29, 0.717) is 5.71 Å². The summed E-state index contributed by atoms with van der Waals surface area (Å²) in [5.74, 6) is -0.146. The molecule has 0 saturated carbocycles. The molecule has 3 rings (SSSR count). The molecular formula is C18H16Br2N2O. The molecule has 5 heteroatoms. The Morgan fingerprint density at radius 2 is 1.87 bits per heavy atom. The number of fused-ring (bicyclic) bond motifs is 1. The van der Waals surface area contributed by atoms with E-state index in [2.05, 4.69) is 49.1 Å². The van der Waals surface area contributed by atoms with Crippen molar-refractivity contribution >= 4 is 54.9 Å². The number of benzene rings is 2. The zero-order valence-electron chi connectivity index (χ0n) is 13.1. The van der Waals surface area contributed by atoms with Crippen LogP contribution in [0.4, 0.5) is 11.4 Å². The fraction of sp³-hybridized carbons (Fsp3) is 0.222. The Labute approximate surface area is 152 Å². The molecule has 1 N–H and O–H groups in total. The van der Waals surface area contributed by atoms with Gasteiger partial charge in [0.15, 0.2) is 0 Å². The first-order chi connectivity index (χ1) is 10.9. The third-order valence-electron chi connectivity index (χ3n) is 4.20. The van der Waals surface area contributed by atoms with Gasteiger partial charge in [-0.1, -0.05) is 38.8 Å². The molecule has 1 heterocycles. The minimum Gasteiger partial charge on any atom is -0.320 e. The van der Waals surface area contributed by atoms with Gasteiger partial charge in [-0.05, 0) is 61.2 Å². The van der Waals surface area contributed by atoms with E-state index in [1.165, 1.54) is 0 Å². The molecule has 0 aromatic heterocycles. The first-order valence-electron chi connectivity index (χ1n) is 7.41. The topological polar surface area (TPSA) is 41.5 Å². The second-order valence-electron chi connectivity index (χ2n) is 5.57. The van der Waals surface area contributed by atoms with Crippen LogP contribution in [0.2, 0.25) is 0 Å². The summed E-state index contributed by atoms with van der Waals surface area (Å²) >= 11 is 7.05. The third-order valence-corrected chi connectivity index (χ3v) is 5.52. The molecule has 0 unspecified atom stereocenters. The molecule has 118 valence electrons. The van der Waals surface area contributed by atoms with E-state index in [9.17, 15) is 4.79 Å². The first kappa shape index (κ1) is 16.4. The highest BCUT2D eigenvalue weighted by atomic mass is 79.9. The van der Waals surface area contributed by atoms with Crippen molar-refractivity contribution in [1.29, 1.82) is 0 Å². The molecular weight excluding hydrogens is 420 g/mol. The Morgan fingerprint density at radius 1 is 1.13 bits per heavy atom. The summed E-state index contributed by atoms with van der Waals surface area (Å²) in [4.78, 5) is 17.1. The quantitative estimate of drug-likeness (QED) is 0.668. The van der Waals surface area contributed by atoms with E-state index in [1.54, 1.807) is 0 Å².